The molecular weight excluding hydrogens is 368 g/mol. The molecular formula is C23H34N2O4. The van der Waals surface area contributed by atoms with Crippen LogP contribution in [0.2, 0.25) is 0 Å². The van der Waals surface area contributed by atoms with E-state index in [0.29, 0.717) is 18.6 Å². The first-order chi connectivity index (χ1) is 14.1. The number of carbonyl (C=O) groups excluding carboxylic acids is 2. The van der Waals surface area contributed by atoms with E-state index in [1.165, 1.54) is 6.42 Å². The summed E-state index contributed by atoms with van der Waals surface area (Å²) < 4.78 is 6.07. The van der Waals surface area contributed by atoms with Gasteiger partial charge in [-0.2, -0.15) is 0 Å². The van der Waals surface area contributed by atoms with Crippen LogP contribution in [0.1, 0.15) is 67.8 Å². The SMILES string of the molecule is CCCO[C@H]1C[C@@H](C(=O)N2CCCCC2)CC[C@@H]1NC(=O)c1ccc(CO)cc1. The van der Waals surface area contributed by atoms with Crippen LogP contribution in [0.5, 0.6) is 0 Å². The molecule has 1 aromatic rings. The Morgan fingerprint density at radius 1 is 1.14 bits per heavy atom. The Kier molecular flexibility index (Phi) is 8.07. The Morgan fingerprint density at radius 2 is 1.86 bits per heavy atom. The van der Waals surface area contributed by atoms with Crippen molar-refractivity contribution in [2.75, 3.05) is 19.7 Å². The molecule has 29 heavy (non-hydrogen) atoms. The van der Waals surface area contributed by atoms with Gasteiger partial charge in [0, 0.05) is 31.2 Å². The van der Waals surface area contributed by atoms with Crippen LogP contribution in [0.3, 0.4) is 0 Å². The summed E-state index contributed by atoms with van der Waals surface area (Å²) in [5.74, 6) is 0.122. The molecule has 6 heteroatoms. The van der Waals surface area contributed by atoms with Gasteiger partial charge in [0.05, 0.1) is 18.8 Å². The number of nitrogens with one attached hydrogen (secondary N) is 1. The maximum atomic E-state index is 12.9. The molecule has 1 aliphatic heterocycles. The third-order valence-electron chi connectivity index (χ3n) is 6.06. The molecule has 1 heterocycles. The van der Waals surface area contributed by atoms with E-state index in [9.17, 15) is 9.59 Å². The number of carbonyl (C=O) groups is 2. The number of rotatable bonds is 7. The van der Waals surface area contributed by atoms with Gasteiger partial charge in [0.25, 0.3) is 5.91 Å². The molecule has 1 saturated carbocycles. The lowest BCUT2D eigenvalue weighted by molar-refractivity contribution is -0.140. The monoisotopic (exact) mass is 402 g/mol. The van der Waals surface area contributed by atoms with Gasteiger partial charge in [-0.3, -0.25) is 9.59 Å². The third kappa shape index (κ3) is 5.80. The summed E-state index contributed by atoms with van der Waals surface area (Å²) in [4.78, 5) is 27.7. The van der Waals surface area contributed by atoms with Gasteiger partial charge in [-0.1, -0.05) is 19.1 Å². The minimum Gasteiger partial charge on any atom is -0.392 e. The molecule has 0 radical (unpaired) electrons. The maximum absolute atomic E-state index is 12.9. The smallest absolute Gasteiger partial charge is 0.251 e. The van der Waals surface area contributed by atoms with Crippen LogP contribution in [-0.2, 0) is 16.1 Å². The number of hydrogen-bond donors (Lipinski definition) is 2. The van der Waals surface area contributed by atoms with Crippen LogP contribution in [-0.4, -0.2) is 53.7 Å². The Bertz CT molecular complexity index is 670. The summed E-state index contributed by atoms with van der Waals surface area (Å²) in [7, 11) is 0. The number of aliphatic hydroxyl groups is 1. The number of piperidine rings is 1. The van der Waals surface area contributed by atoms with E-state index in [2.05, 4.69) is 12.2 Å². The van der Waals surface area contributed by atoms with Crippen molar-refractivity contribution < 1.29 is 19.4 Å². The van der Waals surface area contributed by atoms with E-state index in [-0.39, 0.29) is 36.5 Å². The number of aliphatic hydroxyl groups excluding tert-OH is 1. The first kappa shape index (κ1) is 21.8. The van der Waals surface area contributed by atoms with Gasteiger partial charge in [-0.05, 0) is 62.6 Å². The lowest BCUT2D eigenvalue weighted by atomic mass is 9.82. The van der Waals surface area contributed by atoms with Gasteiger partial charge in [0.15, 0.2) is 0 Å². The second kappa shape index (κ2) is 10.7. The molecule has 2 N–H and O–H groups in total. The molecule has 1 saturated heterocycles. The molecule has 6 nitrogen and oxygen atoms in total. The molecule has 160 valence electrons. The average Bonchev–Trinajstić information content (AvgIpc) is 2.78. The van der Waals surface area contributed by atoms with Gasteiger partial charge < -0.3 is 20.1 Å². The zero-order valence-electron chi connectivity index (χ0n) is 17.4. The van der Waals surface area contributed by atoms with Crippen molar-refractivity contribution in [2.24, 2.45) is 5.92 Å². The summed E-state index contributed by atoms with van der Waals surface area (Å²) >= 11 is 0. The second-order valence-electron chi connectivity index (χ2n) is 8.24. The molecule has 0 aromatic heterocycles. The first-order valence-electron chi connectivity index (χ1n) is 11.0. The molecule has 2 aliphatic rings. The van der Waals surface area contributed by atoms with E-state index in [1.54, 1.807) is 24.3 Å². The fraction of sp³-hybridized carbons (Fsp3) is 0.652. The summed E-state index contributed by atoms with van der Waals surface area (Å²) in [5.41, 5.74) is 1.35. The molecule has 0 bridgehead atoms. The zero-order chi connectivity index (χ0) is 20.6. The summed E-state index contributed by atoms with van der Waals surface area (Å²) in [6.45, 7) is 4.41. The van der Waals surface area contributed by atoms with Crippen molar-refractivity contribution in [2.45, 2.75) is 70.6 Å². The van der Waals surface area contributed by atoms with E-state index in [4.69, 9.17) is 9.84 Å². The van der Waals surface area contributed by atoms with E-state index in [1.807, 2.05) is 4.90 Å². The highest BCUT2D eigenvalue weighted by Gasteiger charge is 2.37. The highest BCUT2D eigenvalue weighted by atomic mass is 16.5. The van der Waals surface area contributed by atoms with Crippen LogP contribution in [0, 0.1) is 5.92 Å². The third-order valence-corrected chi connectivity index (χ3v) is 6.06. The summed E-state index contributed by atoms with van der Waals surface area (Å²) in [6, 6.07) is 6.89. The standard InChI is InChI=1S/C23H34N2O4/c1-2-14-29-21-15-19(23(28)25-12-4-3-5-13-25)10-11-20(21)24-22(27)18-8-6-17(16-26)7-9-18/h6-9,19-21,26H,2-5,10-16H2,1H3,(H,24,27)/t19-,20-,21-/m0/s1. The van der Waals surface area contributed by atoms with E-state index < -0.39 is 0 Å². The number of benzene rings is 1. The fourth-order valence-electron chi connectivity index (χ4n) is 4.36. The van der Waals surface area contributed by atoms with Crippen LogP contribution < -0.4 is 5.32 Å². The minimum atomic E-state index is -0.136. The first-order valence-corrected chi connectivity index (χ1v) is 11.0. The number of hydrogen-bond acceptors (Lipinski definition) is 4. The summed E-state index contributed by atoms with van der Waals surface area (Å²) in [6.07, 6.45) is 6.39. The lowest BCUT2D eigenvalue weighted by Crippen LogP contribution is -2.51. The zero-order valence-corrected chi connectivity index (χ0v) is 17.4. The molecule has 3 atom stereocenters. The van der Waals surface area contributed by atoms with Gasteiger partial charge in [0.1, 0.15) is 0 Å². The van der Waals surface area contributed by atoms with Gasteiger partial charge in [-0.15, -0.1) is 0 Å². The molecule has 0 spiro atoms. The van der Waals surface area contributed by atoms with Crippen molar-refractivity contribution in [3.05, 3.63) is 35.4 Å². The van der Waals surface area contributed by atoms with Crippen LogP contribution >= 0.6 is 0 Å². The van der Waals surface area contributed by atoms with Crippen molar-refractivity contribution in [3.63, 3.8) is 0 Å². The predicted molar refractivity (Wildman–Crippen MR) is 111 cm³/mol. The van der Waals surface area contributed by atoms with Crippen LogP contribution in [0.15, 0.2) is 24.3 Å². The summed E-state index contributed by atoms with van der Waals surface area (Å²) in [5, 5.41) is 12.3. The molecule has 1 aliphatic carbocycles. The molecule has 0 unspecified atom stereocenters. The van der Waals surface area contributed by atoms with Crippen molar-refractivity contribution in [3.8, 4) is 0 Å². The van der Waals surface area contributed by atoms with Crippen LogP contribution in [0.25, 0.3) is 0 Å². The normalized spacial score (nSPS) is 24.9. The lowest BCUT2D eigenvalue weighted by Gasteiger charge is -2.38. The largest absolute Gasteiger partial charge is 0.392 e. The average molecular weight is 403 g/mol. The quantitative estimate of drug-likeness (QED) is 0.735. The molecule has 2 amide bonds. The molecule has 3 rings (SSSR count). The highest BCUT2D eigenvalue weighted by molar-refractivity contribution is 5.94. The van der Waals surface area contributed by atoms with E-state index in [0.717, 1.165) is 50.8 Å². The number of ether oxygens (including phenoxy) is 1. The van der Waals surface area contributed by atoms with E-state index >= 15 is 0 Å². The van der Waals surface area contributed by atoms with Gasteiger partial charge >= 0.3 is 0 Å². The Balaban J connectivity index is 1.61. The molecule has 1 aromatic carbocycles. The number of nitrogens with zero attached hydrogens (tertiary/aromatic N) is 1. The highest BCUT2D eigenvalue weighted by Crippen LogP contribution is 2.30. The maximum Gasteiger partial charge on any atom is 0.251 e. The van der Waals surface area contributed by atoms with Gasteiger partial charge in [-0.25, -0.2) is 0 Å². The number of amides is 2. The topological polar surface area (TPSA) is 78.9 Å². The van der Waals surface area contributed by atoms with Crippen molar-refractivity contribution >= 4 is 11.8 Å². The second-order valence-corrected chi connectivity index (χ2v) is 8.24. The number of likely N-dealkylation sites (tertiary alicyclic amines) is 1. The molecule has 2 fully saturated rings. The van der Waals surface area contributed by atoms with Crippen LogP contribution in [0.4, 0.5) is 0 Å². The fourth-order valence-corrected chi connectivity index (χ4v) is 4.36. The Hall–Kier alpha value is -1.92. The van der Waals surface area contributed by atoms with Gasteiger partial charge in [0.2, 0.25) is 5.91 Å². The minimum absolute atomic E-state index is 0.00746. The Morgan fingerprint density at radius 3 is 2.52 bits per heavy atom. The Labute approximate surface area is 173 Å². The predicted octanol–water partition coefficient (Wildman–Crippen LogP) is 2.89. The van der Waals surface area contributed by atoms with Crippen molar-refractivity contribution in [1.82, 2.24) is 10.2 Å². The van der Waals surface area contributed by atoms with Crippen molar-refractivity contribution in [1.29, 1.82) is 0 Å².